The SMILES string of the molecule is Cc1cc(C(=O)COC(=O)C23C[C@@H]4C[C@@H](CC(Cl)(C4)C2)C3)c(C)n1Cc1cccs1. The minimum atomic E-state index is -0.470. The summed E-state index contributed by atoms with van der Waals surface area (Å²) in [5.74, 6) is 0.730. The third-order valence-corrected chi connectivity index (χ3v) is 8.83. The fraction of sp³-hybridized carbons (Fsp3) is 0.583. The average molecular weight is 446 g/mol. The van der Waals surface area contributed by atoms with Gasteiger partial charge in [-0.05, 0) is 81.7 Å². The summed E-state index contributed by atoms with van der Waals surface area (Å²) in [6.45, 7) is 4.55. The lowest BCUT2D eigenvalue weighted by molar-refractivity contribution is -0.168. The second-order valence-electron chi connectivity index (χ2n) is 9.84. The predicted molar refractivity (Wildman–Crippen MR) is 118 cm³/mol. The highest BCUT2D eigenvalue weighted by atomic mass is 35.5. The number of halogens is 1. The molecule has 0 amide bonds. The van der Waals surface area contributed by atoms with Crippen LogP contribution in [-0.4, -0.2) is 27.8 Å². The van der Waals surface area contributed by atoms with Crippen molar-refractivity contribution < 1.29 is 14.3 Å². The highest BCUT2D eigenvalue weighted by Gasteiger charge is 2.60. The maximum Gasteiger partial charge on any atom is 0.312 e. The number of carbonyl (C=O) groups is 2. The van der Waals surface area contributed by atoms with Crippen molar-refractivity contribution in [3.05, 3.63) is 45.4 Å². The Hall–Kier alpha value is -1.59. The fourth-order valence-electron chi connectivity index (χ4n) is 6.64. The van der Waals surface area contributed by atoms with E-state index in [0.717, 1.165) is 43.6 Å². The van der Waals surface area contributed by atoms with Crippen LogP contribution in [0.2, 0.25) is 0 Å². The molecule has 0 spiro atoms. The number of ether oxygens (including phenoxy) is 1. The minimum absolute atomic E-state index is 0.126. The summed E-state index contributed by atoms with van der Waals surface area (Å²) >= 11 is 8.55. The van der Waals surface area contributed by atoms with Gasteiger partial charge in [0.1, 0.15) is 0 Å². The number of aryl methyl sites for hydroxylation is 1. The molecule has 2 aromatic rings. The van der Waals surface area contributed by atoms with Crippen molar-refractivity contribution in [1.29, 1.82) is 0 Å². The number of Topliss-reactive ketones (excluding diaryl/α,β-unsaturated/α-hetero) is 1. The van der Waals surface area contributed by atoms with Gasteiger partial charge in [-0.15, -0.1) is 22.9 Å². The molecule has 30 heavy (non-hydrogen) atoms. The molecule has 4 nitrogen and oxygen atoms in total. The normalized spacial score (nSPS) is 31.8. The Morgan fingerprint density at radius 1 is 1.23 bits per heavy atom. The van der Waals surface area contributed by atoms with E-state index in [4.69, 9.17) is 16.3 Å². The number of hydrogen-bond acceptors (Lipinski definition) is 4. The number of esters is 1. The van der Waals surface area contributed by atoms with Gasteiger partial charge in [-0.3, -0.25) is 9.59 Å². The van der Waals surface area contributed by atoms with Crippen LogP contribution < -0.4 is 0 Å². The molecule has 6 rings (SSSR count). The Kier molecular flexibility index (Phi) is 4.90. The summed E-state index contributed by atoms with van der Waals surface area (Å²) in [4.78, 5) is 27.0. The first-order valence-electron chi connectivity index (χ1n) is 10.9. The predicted octanol–water partition coefficient (Wildman–Crippen LogP) is 5.52. The number of ketones is 1. The first kappa shape index (κ1) is 20.3. The standard InChI is InChI=1S/C24H28ClNO3S/c1-15-6-20(16(2)26(15)12-19-4-3-5-30-19)21(27)13-29-22(28)23-8-17-7-18(9-23)11-24(25,10-17)14-23/h3-6,17-18H,7-14H2,1-2H3/t17-,18+,23?,24?. The fourth-order valence-corrected chi connectivity index (χ4v) is 8.02. The Morgan fingerprint density at radius 2 is 1.97 bits per heavy atom. The monoisotopic (exact) mass is 445 g/mol. The Morgan fingerprint density at radius 3 is 2.60 bits per heavy atom. The summed E-state index contributed by atoms with van der Waals surface area (Å²) in [5.41, 5.74) is 2.15. The molecule has 160 valence electrons. The van der Waals surface area contributed by atoms with Crippen LogP contribution in [0.15, 0.2) is 23.6 Å². The Bertz CT molecular complexity index is 979. The van der Waals surface area contributed by atoms with E-state index in [1.807, 2.05) is 26.0 Å². The van der Waals surface area contributed by atoms with Gasteiger partial charge < -0.3 is 9.30 Å². The van der Waals surface area contributed by atoms with Crippen LogP contribution in [0.25, 0.3) is 0 Å². The molecule has 2 unspecified atom stereocenters. The van der Waals surface area contributed by atoms with Crippen LogP contribution in [0, 0.1) is 31.1 Å². The zero-order valence-corrected chi connectivity index (χ0v) is 19.2. The van der Waals surface area contributed by atoms with Gasteiger partial charge in [-0.1, -0.05) is 6.07 Å². The summed E-state index contributed by atoms with van der Waals surface area (Å²) in [5, 5.41) is 2.06. The van der Waals surface area contributed by atoms with Crippen molar-refractivity contribution in [2.75, 3.05) is 6.61 Å². The zero-order chi connectivity index (χ0) is 21.1. The van der Waals surface area contributed by atoms with Gasteiger partial charge in [0.2, 0.25) is 5.78 Å². The van der Waals surface area contributed by atoms with Gasteiger partial charge >= 0.3 is 5.97 Å². The number of alkyl halides is 1. The second kappa shape index (κ2) is 7.23. The number of thiophene rings is 1. The van der Waals surface area contributed by atoms with Crippen molar-refractivity contribution in [1.82, 2.24) is 4.57 Å². The molecule has 0 aliphatic heterocycles. The van der Waals surface area contributed by atoms with Crippen molar-refractivity contribution in [2.24, 2.45) is 17.3 Å². The molecular formula is C24H28ClNO3S. The number of carbonyl (C=O) groups excluding carboxylic acids is 2. The van der Waals surface area contributed by atoms with Gasteiger partial charge in [0.05, 0.1) is 12.0 Å². The molecule has 0 N–H and O–H groups in total. The minimum Gasteiger partial charge on any atom is -0.457 e. The van der Waals surface area contributed by atoms with Crippen molar-refractivity contribution in [3.8, 4) is 0 Å². The number of hydrogen-bond donors (Lipinski definition) is 0. The Labute approximate surface area is 186 Å². The van der Waals surface area contributed by atoms with E-state index in [2.05, 4.69) is 16.0 Å². The van der Waals surface area contributed by atoms with Crippen LogP contribution in [-0.2, 0) is 16.1 Å². The molecule has 0 radical (unpaired) electrons. The maximum atomic E-state index is 13.1. The van der Waals surface area contributed by atoms with E-state index in [1.165, 1.54) is 11.3 Å². The highest BCUT2D eigenvalue weighted by Crippen LogP contribution is 2.64. The summed E-state index contributed by atoms with van der Waals surface area (Å²) in [7, 11) is 0. The van der Waals surface area contributed by atoms with Gasteiger partial charge in [-0.25, -0.2) is 0 Å². The summed E-state index contributed by atoms with van der Waals surface area (Å²) < 4.78 is 7.79. The average Bonchev–Trinajstić information content (AvgIpc) is 3.27. The van der Waals surface area contributed by atoms with E-state index in [1.54, 1.807) is 11.3 Å². The lowest BCUT2D eigenvalue weighted by Crippen LogP contribution is -2.56. The first-order chi connectivity index (χ1) is 14.3. The van der Waals surface area contributed by atoms with Crippen molar-refractivity contribution >= 4 is 34.7 Å². The maximum absolute atomic E-state index is 13.1. The van der Waals surface area contributed by atoms with Crippen LogP contribution in [0.3, 0.4) is 0 Å². The van der Waals surface area contributed by atoms with Crippen LogP contribution in [0.1, 0.15) is 65.1 Å². The van der Waals surface area contributed by atoms with Gasteiger partial charge in [-0.2, -0.15) is 0 Å². The molecule has 4 aliphatic carbocycles. The number of aromatic nitrogens is 1. The molecule has 2 heterocycles. The van der Waals surface area contributed by atoms with Gasteiger partial charge in [0.15, 0.2) is 6.61 Å². The van der Waals surface area contributed by atoms with Gasteiger partial charge in [0, 0.05) is 26.7 Å². The summed E-state index contributed by atoms with van der Waals surface area (Å²) in [6.07, 6.45) is 5.70. The van der Waals surface area contributed by atoms with E-state index in [-0.39, 0.29) is 23.2 Å². The topological polar surface area (TPSA) is 48.3 Å². The first-order valence-corrected chi connectivity index (χ1v) is 12.1. The molecule has 4 fully saturated rings. The molecule has 4 atom stereocenters. The largest absolute Gasteiger partial charge is 0.457 e. The van der Waals surface area contributed by atoms with E-state index < -0.39 is 5.41 Å². The molecule has 0 aromatic carbocycles. The molecule has 6 heteroatoms. The lowest BCUT2D eigenvalue weighted by Gasteiger charge is -2.58. The Balaban J connectivity index is 1.27. The van der Waals surface area contributed by atoms with Crippen LogP contribution >= 0.6 is 22.9 Å². The van der Waals surface area contributed by atoms with Gasteiger partial charge in [0.25, 0.3) is 0 Å². The summed E-state index contributed by atoms with van der Waals surface area (Å²) in [6, 6.07) is 6.05. The van der Waals surface area contributed by atoms with Crippen molar-refractivity contribution in [3.63, 3.8) is 0 Å². The molecule has 0 saturated heterocycles. The third-order valence-electron chi connectivity index (χ3n) is 7.53. The molecule has 4 bridgehead atoms. The number of nitrogens with zero attached hydrogens (tertiary/aromatic N) is 1. The zero-order valence-electron chi connectivity index (χ0n) is 17.6. The molecule has 2 aromatic heterocycles. The van der Waals surface area contributed by atoms with Crippen LogP contribution in [0.5, 0.6) is 0 Å². The third kappa shape index (κ3) is 3.44. The smallest absolute Gasteiger partial charge is 0.312 e. The lowest BCUT2D eigenvalue weighted by atomic mass is 9.49. The molecule has 4 aliphatic rings. The van der Waals surface area contributed by atoms with Crippen molar-refractivity contribution in [2.45, 2.75) is 63.8 Å². The quantitative estimate of drug-likeness (QED) is 0.334. The highest BCUT2D eigenvalue weighted by molar-refractivity contribution is 7.09. The second-order valence-corrected chi connectivity index (χ2v) is 11.7. The van der Waals surface area contributed by atoms with Crippen LogP contribution in [0.4, 0.5) is 0 Å². The molecular weight excluding hydrogens is 418 g/mol. The number of rotatable bonds is 6. The van der Waals surface area contributed by atoms with E-state index in [9.17, 15) is 9.59 Å². The molecule has 4 saturated carbocycles. The van der Waals surface area contributed by atoms with E-state index in [0.29, 0.717) is 23.8 Å². The van der Waals surface area contributed by atoms with E-state index >= 15 is 0 Å².